The number of aromatic amines is 1. The molecule has 1 aliphatic heterocycles. The highest BCUT2D eigenvalue weighted by atomic mass is 16.2. The Labute approximate surface area is 168 Å². The Morgan fingerprint density at radius 1 is 1.14 bits per heavy atom. The zero-order chi connectivity index (χ0) is 20.2. The summed E-state index contributed by atoms with van der Waals surface area (Å²) in [7, 11) is 0. The van der Waals surface area contributed by atoms with Crippen molar-refractivity contribution in [2.45, 2.75) is 19.8 Å². The average Bonchev–Trinajstić information content (AvgIpc) is 3.20. The lowest BCUT2D eigenvalue weighted by molar-refractivity contribution is -0.121. The Bertz CT molecular complexity index is 1010. The Morgan fingerprint density at radius 3 is 2.66 bits per heavy atom. The summed E-state index contributed by atoms with van der Waals surface area (Å²) in [5.41, 5.74) is 1.99. The second-order valence-corrected chi connectivity index (χ2v) is 7.10. The second-order valence-electron chi connectivity index (χ2n) is 7.10. The number of pyridine rings is 1. The van der Waals surface area contributed by atoms with E-state index in [1.54, 1.807) is 29.3 Å². The first-order chi connectivity index (χ1) is 14.1. The number of hydrogen-bond donors (Lipinski definition) is 2. The third kappa shape index (κ3) is 4.31. The van der Waals surface area contributed by atoms with Crippen molar-refractivity contribution in [3.8, 4) is 11.4 Å². The van der Waals surface area contributed by atoms with E-state index >= 15 is 0 Å². The van der Waals surface area contributed by atoms with E-state index in [1.165, 1.54) is 0 Å². The van der Waals surface area contributed by atoms with Crippen molar-refractivity contribution < 1.29 is 9.59 Å². The van der Waals surface area contributed by atoms with Gasteiger partial charge in [0.1, 0.15) is 11.5 Å². The summed E-state index contributed by atoms with van der Waals surface area (Å²) in [6.45, 7) is 2.93. The minimum Gasteiger partial charge on any atom is -0.337 e. The zero-order valence-corrected chi connectivity index (χ0v) is 16.1. The van der Waals surface area contributed by atoms with E-state index in [-0.39, 0.29) is 17.7 Å². The van der Waals surface area contributed by atoms with Gasteiger partial charge in [0.15, 0.2) is 5.82 Å². The van der Waals surface area contributed by atoms with Crippen LogP contribution in [0.3, 0.4) is 0 Å². The molecule has 0 atom stereocenters. The van der Waals surface area contributed by atoms with Crippen LogP contribution in [-0.4, -0.2) is 50.0 Å². The van der Waals surface area contributed by atoms with E-state index in [0.29, 0.717) is 43.1 Å². The van der Waals surface area contributed by atoms with Crippen molar-refractivity contribution in [1.29, 1.82) is 0 Å². The number of hydrogen-bond acceptors (Lipinski definition) is 5. The van der Waals surface area contributed by atoms with Gasteiger partial charge in [-0.25, -0.2) is 4.98 Å². The lowest BCUT2D eigenvalue weighted by Crippen LogP contribution is -2.41. The van der Waals surface area contributed by atoms with Crippen LogP contribution in [0.2, 0.25) is 0 Å². The van der Waals surface area contributed by atoms with Crippen LogP contribution in [0.1, 0.15) is 29.2 Å². The van der Waals surface area contributed by atoms with E-state index in [1.807, 2.05) is 31.2 Å². The number of likely N-dealkylation sites (tertiary alicyclic amines) is 1. The van der Waals surface area contributed by atoms with Crippen LogP contribution in [-0.2, 0) is 4.79 Å². The average molecular weight is 390 g/mol. The molecule has 0 aliphatic carbocycles. The van der Waals surface area contributed by atoms with Crippen molar-refractivity contribution in [3.05, 3.63) is 60.2 Å². The Balaban J connectivity index is 1.35. The highest BCUT2D eigenvalue weighted by Crippen LogP contribution is 2.23. The number of carbonyl (C=O) groups is 2. The molecule has 2 N–H and O–H groups in total. The minimum atomic E-state index is -0.128. The topological polar surface area (TPSA) is 104 Å². The molecule has 1 fully saturated rings. The van der Waals surface area contributed by atoms with Crippen molar-refractivity contribution in [2.75, 3.05) is 18.4 Å². The summed E-state index contributed by atoms with van der Waals surface area (Å²) < 4.78 is 0. The molecule has 3 heterocycles. The van der Waals surface area contributed by atoms with Crippen LogP contribution in [0.25, 0.3) is 11.4 Å². The number of rotatable bonds is 4. The van der Waals surface area contributed by atoms with E-state index in [9.17, 15) is 9.59 Å². The van der Waals surface area contributed by atoms with E-state index in [0.717, 1.165) is 11.4 Å². The fourth-order valence-electron chi connectivity index (χ4n) is 3.45. The van der Waals surface area contributed by atoms with Gasteiger partial charge in [0.2, 0.25) is 5.91 Å². The molecule has 3 aromatic rings. The number of carbonyl (C=O) groups excluding carboxylic acids is 2. The van der Waals surface area contributed by atoms with Gasteiger partial charge in [0.05, 0.1) is 0 Å². The Morgan fingerprint density at radius 2 is 1.97 bits per heavy atom. The number of nitrogens with one attached hydrogen (secondary N) is 2. The summed E-state index contributed by atoms with van der Waals surface area (Å²) >= 11 is 0. The molecule has 0 radical (unpaired) electrons. The normalized spacial score (nSPS) is 14.6. The molecule has 8 heteroatoms. The maximum Gasteiger partial charge on any atom is 0.272 e. The van der Waals surface area contributed by atoms with Crippen LogP contribution >= 0.6 is 0 Å². The largest absolute Gasteiger partial charge is 0.337 e. The molecule has 0 saturated carbocycles. The van der Waals surface area contributed by atoms with Gasteiger partial charge in [-0.15, -0.1) is 0 Å². The number of nitrogens with zero attached hydrogens (tertiary/aromatic N) is 4. The van der Waals surface area contributed by atoms with Crippen molar-refractivity contribution in [3.63, 3.8) is 0 Å². The summed E-state index contributed by atoms with van der Waals surface area (Å²) in [4.78, 5) is 35.4. The maximum atomic E-state index is 12.7. The van der Waals surface area contributed by atoms with Crippen molar-refractivity contribution in [2.24, 2.45) is 5.92 Å². The molecule has 8 nitrogen and oxygen atoms in total. The molecule has 148 valence electrons. The van der Waals surface area contributed by atoms with Gasteiger partial charge in [-0.05, 0) is 44.0 Å². The van der Waals surface area contributed by atoms with Gasteiger partial charge < -0.3 is 10.2 Å². The molecule has 0 unspecified atom stereocenters. The van der Waals surface area contributed by atoms with Crippen LogP contribution in [0.4, 0.5) is 5.69 Å². The number of H-pyrrole nitrogens is 1. The number of aromatic nitrogens is 4. The monoisotopic (exact) mass is 390 g/mol. The van der Waals surface area contributed by atoms with Gasteiger partial charge in [0, 0.05) is 36.5 Å². The highest BCUT2D eigenvalue weighted by molar-refractivity contribution is 5.94. The van der Waals surface area contributed by atoms with E-state index < -0.39 is 0 Å². The number of amides is 2. The van der Waals surface area contributed by atoms with E-state index in [4.69, 9.17) is 0 Å². The first-order valence-corrected chi connectivity index (χ1v) is 9.61. The number of anilines is 1. The summed E-state index contributed by atoms with van der Waals surface area (Å²) in [6, 6.07) is 12.8. The standard InChI is InChI=1S/C21H22N6O2/c1-14-23-19(26-25-14)16-5-4-6-17(13-16)24-20(28)15-8-11-27(12-9-15)21(29)18-7-2-3-10-22-18/h2-7,10,13,15H,8-9,11-12H2,1H3,(H,24,28)(H,23,25,26). The second kappa shape index (κ2) is 8.22. The van der Waals surface area contributed by atoms with E-state index in [2.05, 4.69) is 25.5 Å². The van der Waals surface area contributed by atoms with Gasteiger partial charge >= 0.3 is 0 Å². The van der Waals surface area contributed by atoms with Gasteiger partial charge in [-0.2, -0.15) is 5.10 Å². The Hall–Kier alpha value is -3.55. The highest BCUT2D eigenvalue weighted by Gasteiger charge is 2.28. The van der Waals surface area contributed by atoms with Crippen LogP contribution in [0.5, 0.6) is 0 Å². The number of aryl methyl sites for hydroxylation is 1. The summed E-state index contributed by atoms with van der Waals surface area (Å²) in [6.07, 6.45) is 2.87. The molecule has 0 spiro atoms. The fourth-order valence-corrected chi connectivity index (χ4v) is 3.45. The first kappa shape index (κ1) is 18.8. The molecule has 4 rings (SSSR count). The quantitative estimate of drug-likeness (QED) is 0.713. The molecule has 0 bridgehead atoms. The summed E-state index contributed by atoms with van der Waals surface area (Å²) in [5, 5.41) is 9.96. The molecule has 1 saturated heterocycles. The number of benzene rings is 1. The third-order valence-corrected chi connectivity index (χ3v) is 5.02. The fraction of sp³-hybridized carbons (Fsp3) is 0.286. The smallest absolute Gasteiger partial charge is 0.272 e. The van der Waals surface area contributed by atoms with Gasteiger partial charge in [-0.3, -0.25) is 19.7 Å². The molecule has 1 aliphatic rings. The minimum absolute atomic E-state index is 0.0294. The lowest BCUT2D eigenvalue weighted by atomic mass is 9.95. The molecule has 2 aromatic heterocycles. The molecule has 29 heavy (non-hydrogen) atoms. The lowest BCUT2D eigenvalue weighted by Gasteiger charge is -2.31. The predicted octanol–water partition coefficient (Wildman–Crippen LogP) is 2.67. The zero-order valence-electron chi connectivity index (χ0n) is 16.1. The molecule has 2 amide bonds. The molecular weight excluding hydrogens is 368 g/mol. The predicted molar refractivity (Wildman–Crippen MR) is 108 cm³/mol. The van der Waals surface area contributed by atoms with Crippen LogP contribution in [0, 0.1) is 12.8 Å². The molecular formula is C21H22N6O2. The van der Waals surface area contributed by atoms with Crippen LogP contribution in [0.15, 0.2) is 48.7 Å². The SMILES string of the molecule is Cc1nc(-c2cccc(NC(=O)C3CCN(C(=O)c4ccccn4)CC3)c2)n[nH]1. The van der Waals surface area contributed by atoms with Gasteiger partial charge in [0.25, 0.3) is 5.91 Å². The molecule has 1 aromatic carbocycles. The maximum absolute atomic E-state index is 12.7. The Kier molecular flexibility index (Phi) is 5.33. The number of piperidine rings is 1. The third-order valence-electron chi connectivity index (χ3n) is 5.02. The summed E-state index contributed by atoms with van der Waals surface area (Å²) in [5.74, 6) is 1.09. The van der Waals surface area contributed by atoms with Gasteiger partial charge in [-0.1, -0.05) is 18.2 Å². The van der Waals surface area contributed by atoms with Crippen LogP contribution < -0.4 is 5.32 Å². The first-order valence-electron chi connectivity index (χ1n) is 9.61. The van der Waals surface area contributed by atoms with Crippen molar-refractivity contribution >= 4 is 17.5 Å². The van der Waals surface area contributed by atoms with Crippen molar-refractivity contribution in [1.82, 2.24) is 25.1 Å².